The molecular formula is C20H17N5. The minimum absolute atomic E-state index is 0.504. The standard InChI is InChI=1S/C20H17N5/c1-14-12-24(13-23-14)20-18(11-22)17-4-2-3-5-19(17)25(20)16-8-6-15(10-21)7-9-16/h2-9,12-13H,10,21H2,1H3. The van der Waals surface area contributed by atoms with E-state index >= 15 is 0 Å². The minimum Gasteiger partial charge on any atom is -0.326 e. The number of hydrogen-bond acceptors (Lipinski definition) is 3. The van der Waals surface area contributed by atoms with Crippen molar-refractivity contribution >= 4 is 10.9 Å². The molecular weight excluding hydrogens is 310 g/mol. The van der Waals surface area contributed by atoms with Crippen LogP contribution >= 0.6 is 0 Å². The molecule has 0 atom stereocenters. The molecule has 0 fully saturated rings. The Hall–Kier alpha value is -3.36. The predicted molar refractivity (Wildman–Crippen MR) is 97.7 cm³/mol. The fraction of sp³-hybridized carbons (Fsp3) is 0.100. The van der Waals surface area contributed by atoms with E-state index in [4.69, 9.17) is 5.73 Å². The van der Waals surface area contributed by atoms with E-state index in [9.17, 15) is 5.26 Å². The highest BCUT2D eigenvalue weighted by molar-refractivity contribution is 5.92. The zero-order valence-electron chi connectivity index (χ0n) is 13.8. The number of hydrogen-bond donors (Lipinski definition) is 1. The van der Waals surface area contributed by atoms with Crippen molar-refractivity contribution in [3.05, 3.63) is 77.9 Å². The molecule has 2 aromatic carbocycles. The molecule has 2 heterocycles. The van der Waals surface area contributed by atoms with Gasteiger partial charge in [-0.2, -0.15) is 5.26 Å². The van der Waals surface area contributed by atoms with Gasteiger partial charge >= 0.3 is 0 Å². The second-order valence-corrected chi connectivity index (χ2v) is 5.96. The van der Waals surface area contributed by atoms with E-state index in [0.29, 0.717) is 12.1 Å². The first-order valence-corrected chi connectivity index (χ1v) is 8.07. The molecule has 0 aliphatic rings. The van der Waals surface area contributed by atoms with Gasteiger partial charge in [-0.15, -0.1) is 0 Å². The molecule has 0 bridgehead atoms. The SMILES string of the molecule is Cc1cn(-c2c(C#N)c3ccccc3n2-c2ccc(CN)cc2)cn1. The Labute approximate surface area is 145 Å². The Morgan fingerprint density at radius 3 is 2.52 bits per heavy atom. The summed E-state index contributed by atoms with van der Waals surface area (Å²) in [7, 11) is 0. The average molecular weight is 327 g/mol. The Kier molecular flexibility index (Phi) is 3.60. The second kappa shape index (κ2) is 5.93. The number of benzene rings is 2. The van der Waals surface area contributed by atoms with Crippen LogP contribution in [0.25, 0.3) is 22.4 Å². The van der Waals surface area contributed by atoms with Gasteiger partial charge in [-0.25, -0.2) is 4.98 Å². The summed E-state index contributed by atoms with van der Waals surface area (Å²) in [5.74, 6) is 0.796. The zero-order valence-corrected chi connectivity index (χ0v) is 13.8. The number of aromatic nitrogens is 3. The van der Waals surface area contributed by atoms with Gasteiger partial charge in [-0.3, -0.25) is 9.13 Å². The summed E-state index contributed by atoms with van der Waals surface area (Å²) in [6, 6.07) is 18.4. The molecule has 2 aromatic heterocycles. The first kappa shape index (κ1) is 15.2. The first-order chi connectivity index (χ1) is 12.2. The summed E-state index contributed by atoms with van der Waals surface area (Å²) >= 11 is 0. The van der Waals surface area contributed by atoms with Crippen LogP contribution in [0.3, 0.4) is 0 Å². The van der Waals surface area contributed by atoms with Gasteiger partial charge < -0.3 is 5.73 Å². The van der Waals surface area contributed by atoms with Crippen LogP contribution in [-0.4, -0.2) is 14.1 Å². The van der Waals surface area contributed by atoms with Crippen LogP contribution in [0.5, 0.6) is 0 Å². The lowest BCUT2D eigenvalue weighted by atomic mass is 10.2. The van der Waals surface area contributed by atoms with Crippen molar-refractivity contribution in [2.24, 2.45) is 5.73 Å². The number of imidazole rings is 1. The molecule has 0 amide bonds. The fourth-order valence-corrected chi connectivity index (χ4v) is 3.16. The van der Waals surface area contributed by atoms with E-state index in [1.54, 1.807) is 6.33 Å². The van der Waals surface area contributed by atoms with E-state index in [0.717, 1.165) is 33.7 Å². The minimum atomic E-state index is 0.504. The lowest BCUT2D eigenvalue weighted by Crippen LogP contribution is -2.04. The van der Waals surface area contributed by atoms with Crippen molar-refractivity contribution in [1.29, 1.82) is 5.26 Å². The molecule has 0 aliphatic carbocycles. The molecule has 0 aliphatic heterocycles. The normalized spacial score (nSPS) is 10.9. The Morgan fingerprint density at radius 2 is 1.88 bits per heavy atom. The summed E-state index contributed by atoms with van der Waals surface area (Å²) in [6.07, 6.45) is 3.68. The maximum atomic E-state index is 9.81. The Balaban J connectivity index is 2.09. The zero-order chi connectivity index (χ0) is 17.4. The summed E-state index contributed by atoms with van der Waals surface area (Å²) in [6.45, 7) is 2.44. The number of aryl methyl sites for hydroxylation is 1. The summed E-state index contributed by atoms with van der Waals surface area (Å²) in [4.78, 5) is 4.32. The summed E-state index contributed by atoms with van der Waals surface area (Å²) in [5, 5.41) is 10.7. The van der Waals surface area contributed by atoms with Gasteiger partial charge in [-0.05, 0) is 30.7 Å². The largest absolute Gasteiger partial charge is 0.326 e. The summed E-state index contributed by atoms with van der Waals surface area (Å²) < 4.78 is 4.00. The van der Waals surface area contributed by atoms with Crippen LogP contribution in [0.4, 0.5) is 0 Å². The highest BCUT2D eigenvalue weighted by atomic mass is 15.2. The number of para-hydroxylation sites is 1. The molecule has 4 rings (SSSR count). The molecule has 122 valence electrons. The fourth-order valence-electron chi connectivity index (χ4n) is 3.16. The topological polar surface area (TPSA) is 72.6 Å². The lowest BCUT2D eigenvalue weighted by molar-refractivity contribution is 0.937. The number of nitrogens with two attached hydrogens (primary N) is 1. The van der Waals surface area contributed by atoms with Gasteiger partial charge in [0, 0.05) is 23.8 Å². The predicted octanol–water partition coefficient (Wildman–Crippen LogP) is 3.46. The van der Waals surface area contributed by atoms with Crippen LogP contribution < -0.4 is 5.73 Å². The highest BCUT2D eigenvalue weighted by Gasteiger charge is 2.19. The molecule has 0 radical (unpaired) electrons. The average Bonchev–Trinajstić information content (AvgIpc) is 3.22. The lowest BCUT2D eigenvalue weighted by Gasteiger charge is -2.12. The smallest absolute Gasteiger partial charge is 0.142 e. The number of rotatable bonds is 3. The number of nitrogens with zero attached hydrogens (tertiary/aromatic N) is 4. The summed E-state index contributed by atoms with van der Waals surface area (Å²) in [5.41, 5.74) is 10.3. The molecule has 5 nitrogen and oxygen atoms in total. The van der Waals surface area contributed by atoms with Crippen molar-refractivity contribution in [3.8, 4) is 17.6 Å². The van der Waals surface area contributed by atoms with Crippen LogP contribution in [0.2, 0.25) is 0 Å². The number of fused-ring (bicyclic) bond motifs is 1. The van der Waals surface area contributed by atoms with Gasteiger partial charge in [0.15, 0.2) is 0 Å². The molecule has 0 saturated heterocycles. The second-order valence-electron chi connectivity index (χ2n) is 5.96. The van der Waals surface area contributed by atoms with Crippen LogP contribution in [-0.2, 0) is 6.54 Å². The monoisotopic (exact) mass is 327 g/mol. The maximum absolute atomic E-state index is 9.81. The van der Waals surface area contributed by atoms with Crippen LogP contribution in [0.15, 0.2) is 61.1 Å². The Bertz CT molecular complexity index is 1090. The molecule has 5 heteroatoms. The van der Waals surface area contributed by atoms with E-state index in [-0.39, 0.29) is 0 Å². The third kappa shape index (κ3) is 2.40. The molecule has 2 N–H and O–H groups in total. The maximum Gasteiger partial charge on any atom is 0.142 e. The quantitative estimate of drug-likeness (QED) is 0.626. The Morgan fingerprint density at radius 1 is 1.12 bits per heavy atom. The molecule has 25 heavy (non-hydrogen) atoms. The third-order valence-electron chi connectivity index (χ3n) is 4.35. The van der Waals surface area contributed by atoms with E-state index < -0.39 is 0 Å². The van der Waals surface area contributed by atoms with Crippen molar-refractivity contribution in [3.63, 3.8) is 0 Å². The molecule has 0 spiro atoms. The molecule has 4 aromatic rings. The van der Waals surface area contributed by atoms with Gasteiger partial charge in [0.1, 0.15) is 23.8 Å². The van der Waals surface area contributed by atoms with Gasteiger partial charge in [-0.1, -0.05) is 30.3 Å². The van der Waals surface area contributed by atoms with E-state index in [1.165, 1.54) is 0 Å². The highest BCUT2D eigenvalue weighted by Crippen LogP contribution is 2.32. The van der Waals surface area contributed by atoms with Gasteiger partial charge in [0.05, 0.1) is 11.2 Å². The van der Waals surface area contributed by atoms with E-state index in [1.807, 2.05) is 66.2 Å². The van der Waals surface area contributed by atoms with Gasteiger partial charge in [0.25, 0.3) is 0 Å². The van der Waals surface area contributed by atoms with Crippen molar-refractivity contribution in [2.45, 2.75) is 13.5 Å². The first-order valence-electron chi connectivity index (χ1n) is 8.07. The van der Waals surface area contributed by atoms with Gasteiger partial charge in [0.2, 0.25) is 0 Å². The van der Waals surface area contributed by atoms with E-state index in [2.05, 4.69) is 15.6 Å². The van der Waals surface area contributed by atoms with Crippen molar-refractivity contribution in [2.75, 3.05) is 0 Å². The van der Waals surface area contributed by atoms with Crippen molar-refractivity contribution in [1.82, 2.24) is 14.1 Å². The van der Waals surface area contributed by atoms with Crippen LogP contribution in [0, 0.1) is 18.3 Å². The molecule has 0 saturated carbocycles. The van der Waals surface area contributed by atoms with Crippen molar-refractivity contribution < 1.29 is 0 Å². The third-order valence-corrected chi connectivity index (χ3v) is 4.35. The van der Waals surface area contributed by atoms with Crippen LogP contribution in [0.1, 0.15) is 16.8 Å². The number of nitriles is 1. The molecule has 0 unspecified atom stereocenters.